The van der Waals surface area contributed by atoms with Crippen molar-refractivity contribution in [2.45, 2.75) is 26.4 Å². The van der Waals surface area contributed by atoms with Crippen molar-refractivity contribution >= 4 is 33.4 Å². The van der Waals surface area contributed by atoms with Gasteiger partial charge in [-0.1, -0.05) is 60.7 Å². The zero-order valence-corrected chi connectivity index (χ0v) is 31.7. The van der Waals surface area contributed by atoms with Crippen molar-refractivity contribution in [3.05, 3.63) is 130 Å². The van der Waals surface area contributed by atoms with Gasteiger partial charge in [-0.15, -0.1) is 0 Å². The van der Waals surface area contributed by atoms with Gasteiger partial charge in [0.2, 0.25) is 0 Å². The average Bonchev–Trinajstić information content (AvgIpc) is 3.15. The van der Waals surface area contributed by atoms with Gasteiger partial charge in [0.05, 0.1) is 71.2 Å². The Hall–Kier alpha value is -4.79. The molecule has 4 aromatic rings. The quantitative estimate of drug-likeness (QED) is 0.118. The number of esters is 2. The van der Waals surface area contributed by atoms with Crippen molar-refractivity contribution in [1.82, 2.24) is 0 Å². The smallest absolute Gasteiger partial charge is 0.338 e. The lowest BCUT2D eigenvalue weighted by Crippen LogP contribution is -2.48. The predicted octanol–water partition coefficient (Wildman–Crippen LogP) is 5.22. The van der Waals surface area contributed by atoms with Crippen LogP contribution >= 0.6 is 0 Å². The molecule has 2 aliphatic rings. The molecule has 0 amide bonds. The summed E-state index contributed by atoms with van der Waals surface area (Å²) in [6.45, 7) is 5.74. The first kappa shape index (κ1) is 40.4. The molecule has 2 heterocycles. The van der Waals surface area contributed by atoms with Crippen molar-refractivity contribution in [3.63, 3.8) is 0 Å². The molecule has 54 heavy (non-hydrogen) atoms. The number of aliphatic hydroxyl groups excluding tert-OH is 1. The topological polar surface area (TPSA) is 141 Å². The molecular formula is C41H48N2O10S. The summed E-state index contributed by atoms with van der Waals surface area (Å²) in [6.07, 6.45) is 0.976. The molecule has 2 saturated heterocycles. The minimum Gasteiger partial charge on any atom is -0.465 e. The first-order chi connectivity index (χ1) is 26.1. The summed E-state index contributed by atoms with van der Waals surface area (Å²) in [5.41, 5.74) is 6.03. The molecular weight excluding hydrogens is 713 g/mol. The molecule has 0 saturated carbocycles. The number of hydrogen-bond donors (Lipinski definition) is 1. The van der Waals surface area contributed by atoms with Gasteiger partial charge >= 0.3 is 11.9 Å². The van der Waals surface area contributed by atoms with E-state index in [9.17, 15) is 23.1 Å². The second-order valence-corrected chi connectivity index (χ2v) is 15.0. The second-order valence-electron chi connectivity index (χ2n) is 13.3. The van der Waals surface area contributed by atoms with E-state index in [1.54, 1.807) is 18.2 Å². The maximum atomic E-state index is 12.0. The highest BCUT2D eigenvalue weighted by molar-refractivity contribution is 7.85. The van der Waals surface area contributed by atoms with Crippen LogP contribution in [0.25, 0.3) is 0 Å². The minimum atomic E-state index is -3.62. The maximum Gasteiger partial charge on any atom is 0.338 e. The summed E-state index contributed by atoms with van der Waals surface area (Å²) in [6, 6.07) is 30.9. The van der Waals surface area contributed by atoms with Crippen LogP contribution in [0.15, 0.2) is 97.1 Å². The van der Waals surface area contributed by atoms with Gasteiger partial charge in [0.1, 0.15) is 0 Å². The molecule has 2 aliphatic heterocycles. The fourth-order valence-corrected chi connectivity index (χ4v) is 6.54. The highest BCUT2D eigenvalue weighted by Gasteiger charge is 2.29. The molecule has 12 nitrogen and oxygen atoms in total. The number of aliphatic hydroxyl groups is 1. The van der Waals surface area contributed by atoms with Crippen LogP contribution in [0.3, 0.4) is 0 Å². The Morgan fingerprint density at radius 2 is 1.07 bits per heavy atom. The average molecular weight is 761 g/mol. The Balaban J connectivity index is 0.000000210. The summed E-state index contributed by atoms with van der Waals surface area (Å²) >= 11 is 0. The van der Waals surface area contributed by atoms with Crippen molar-refractivity contribution < 1.29 is 46.2 Å². The number of benzene rings is 4. The molecule has 6 rings (SSSR count). The molecule has 4 aromatic carbocycles. The van der Waals surface area contributed by atoms with Crippen LogP contribution in [0.5, 0.6) is 0 Å². The van der Waals surface area contributed by atoms with Crippen LogP contribution < -0.4 is 9.80 Å². The lowest BCUT2D eigenvalue weighted by Gasteiger charge is -2.41. The number of hydrogen-bond acceptors (Lipinski definition) is 12. The van der Waals surface area contributed by atoms with E-state index in [4.69, 9.17) is 23.1 Å². The minimum absolute atomic E-state index is 0.185. The van der Waals surface area contributed by atoms with Crippen molar-refractivity contribution in [3.8, 4) is 0 Å². The number of rotatable bonds is 16. The number of ether oxygens (including phenoxy) is 4. The van der Waals surface area contributed by atoms with Crippen LogP contribution in [-0.4, -0.2) is 85.3 Å². The Labute approximate surface area is 317 Å². The van der Waals surface area contributed by atoms with Gasteiger partial charge in [-0.25, -0.2) is 9.59 Å². The fraction of sp³-hybridized carbons (Fsp3) is 0.366. The molecule has 13 heteroatoms. The number of anilines is 2. The molecule has 2 fully saturated rings. The van der Waals surface area contributed by atoms with Crippen LogP contribution in [0, 0.1) is 11.8 Å². The third-order valence-corrected chi connectivity index (χ3v) is 9.71. The normalized spacial score (nSPS) is 14.4. The number of carbonyl (C=O) groups is 2. The first-order valence-electron chi connectivity index (χ1n) is 17.7. The van der Waals surface area contributed by atoms with Crippen molar-refractivity contribution in [1.29, 1.82) is 0 Å². The Morgan fingerprint density at radius 3 is 1.48 bits per heavy atom. The van der Waals surface area contributed by atoms with E-state index in [2.05, 4.69) is 21.9 Å². The van der Waals surface area contributed by atoms with Gasteiger partial charge in [-0.05, 0) is 58.7 Å². The standard InChI is InChI=1S/C21H25NO6S.C20H23NO4/c1-26-21(23)20-9-8-19(10-18(20)15-28-29(2,24)25)22-11-17(12-22)14-27-13-16-6-4-3-5-7-16;1-24-20(23)19-8-7-18(9-17(19)12-22)21-10-16(11-21)14-25-13-15-5-3-2-4-6-15/h3-10,17H,11-15H2,1-2H3;2-9,16,22H,10-14H2,1H3. The molecule has 0 atom stereocenters. The van der Waals surface area contributed by atoms with E-state index in [0.717, 1.165) is 56.0 Å². The molecule has 0 bridgehead atoms. The van der Waals surface area contributed by atoms with Gasteiger partial charge in [0.25, 0.3) is 10.1 Å². The number of carbonyl (C=O) groups excluding carboxylic acids is 2. The molecule has 0 aliphatic carbocycles. The van der Waals surface area contributed by atoms with Crippen LogP contribution in [0.4, 0.5) is 11.4 Å². The Kier molecular flexibility index (Phi) is 14.6. The molecule has 288 valence electrons. The van der Waals surface area contributed by atoms with Gasteiger partial charge in [0.15, 0.2) is 0 Å². The van der Waals surface area contributed by atoms with Crippen LogP contribution in [0.2, 0.25) is 0 Å². The van der Waals surface area contributed by atoms with E-state index in [1.165, 1.54) is 19.8 Å². The maximum absolute atomic E-state index is 12.0. The van der Waals surface area contributed by atoms with E-state index in [-0.39, 0.29) is 13.2 Å². The van der Waals surface area contributed by atoms with Crippen molar-refractivity contribution in [2.75, 3.05) is 69.7 Å². The van der Waals surface area contributed by atoms with Gasteiger partial charge in [-0.2, -0.15) is 8.42 Å². The van der Waals surface area contributed by atoms with E-state index in [0.29, 0.717) is 53.9 Å². The summed E-state index contributed by atoms with van der Waals surface area (Å²) < 4.78 is 48.6. The zero-order chi connectivity index (χ0) is 38.5. The monoisotopic (exact) mass is 760 g/mol. The summed E-state index contributed by atoms with van der Waals surface area (Å²) in [4.78, 5) is 28.0. The number of methoxy groups -OCH3 is 2. The van der Waals surface area contributed by atoms with Crippen molar-refractivity contribution in [2.24, 2.45) is 11.8 Å². The van der Waals surface area contributed by atoms with Crippen LogP contribution in [-0.2, 0) is 59.7 Å². The third kappa shape index (κ3) is 11.6. The Bertz CT molecular complexity index is 1930. The summed E-state index contributed by atoms with van der Waals surface area (Å²) in [7, 11) is -0.996. The largest absolute Gasteiger partial charge is 0.465 e. The second kappa shape index (κ2) is 19.5. The SMILES string of the molecule is COC(=O)c1ccc(N2CC(COCc3ccccc3)C2)cc1CO.COC(=O)c1ccc(N2CC(COCc3ccccc3)C2)cc1COS(C)(=O)=O. The first-order valence-corrected chi connectivity index (χ1v) is 19.5. The highest BCUT2D eigenvalue weighted by atomic mass is 32.2. The molecule has 1 N–H and O–H groups in total. The summed E-state index contributed by atoms with van der Waals surface area (Å²) in [5, 5.41) is 9.49. The van der Waals surface area contributed by atoms with Gasteiger partial charge in [-0.3, -0.25) is 4.18 Å². The number of nitrogens with zero attached hydrogens (tertiary/aromatic N) is 2. The Morgan fingerprint density at radius 1 is 0.648 bits per heavy atom. The lowest BCUT2D eigenvalue weighted by atomic mass is 9.98. The van der Waals surface area contributed by atoms with Crippen LogP contribution in [0.1, 0.15) is 43.0 Å². The molecule has 0 spiro atoms. The fourth-order valence-electron chi connectivity index (χ4n) is 6.20. The zero-order valence-electron chi connectivity index (χ0n) is 30.9. The highest BCUT2D eigenvalue weighted by Crippen LogP contribution is 2.29. The molecule has 0 radical (unpaired) electrons. The van der Waals surface area contributed by atoms with E-state index >= 15 is 0 Å². The van der Waals surface area contributed by atoms with Gasteiger partial charge < -0.3 is 33.9 Å². The predicted molar refractivity (Wildman–Crippen MR) is 205 cm³/mol. The van der Waals surface area contributed by atoms with E-state index in [1.807, 2.05) is 66.7 Å². The van der Waals surface area contributed by atoms with E-state index < -0.39 is 22.1 Å². The summed E-state index contributed by atoms with van der Waals surface area (Å²) in [5.74, 6) is -0.0258. The molecule has 0 aromatic heterocycles. The lowest BCUT2D eigenvalue weighted by molar-refractivity contribution is 0.0588. The van der Waals surface area contributed by atoms with Gasteiger partial charge in [0, 0.05) is 49.4 Å². The molecule has 0 unspecified atom stereocenters. The third-order valence-electron chi connectivity index (χ3n) is 9.16.